The van der Waals surface area contributed by atoms with E-state index in [2.05, 4.69) is 38.2 Å². The summed E-state index contributed by atoms with van der Waals surface area (Å²) in [6, 6.07) is 6.15. The number of hydrogen-bond acceptors (Lipinski definition) is 5. The molecular formula is C16H13N5S2. The molecule has 0 saturated carbocycles. The van der Waals surface area contributed by atoms with E-state index in [4.69, 9.17) is 5.41 Å². The molecule has 4 rings (SSSR count). The summed E-state index contributed by atoms with van der Waals surface area (Å²) in [6.45, 7) is 0.794. The summed E-state index contributed by atoms with van der Waals surface area (Å²) in [6.07, 6.45) is 7.49. The van der Waals surface area contributed by atoms with Gasteiger partial charge in [0.25, 0.3) is 0 Å². The van der Waals surface area contributed by atoms with Crippen LogP contribution in [0.2, 0.25) is 0 Å². The first-order valence-corrected chi connectivity index (χ1v) is 8.77. The van der Waals surface area contributed by atoms with Crippen LogP contribution in [0.15, 0.2) is 53.7 Å². The van der Waals surface area contributed by atoms with E-state index in [9.17, 15) is 0 Å². The third-order valence-corrected chi connectivity index (χ3v) is 5.11. The minimum Gasteiger partial charge on any atom is -0.342 e. The predicted molar refractivity (Wildman–Crippen MR) is 95.7 cm³/mol. The van der Waals surface area contributed by atoms with Crippen molar-refractivity contribution in [2.75, 3.05) is 5.32 Å². The van der Waals surface area contributed by atoms with Gasteiger partial charge in [-0.2, -0.15) is 0 Å². The van der Waals surface area contributed by atoms with Crippen molar-refractivity contribution in [3.63, 3.8) is 0 Å². The van der Waals surface area contributed by atoms with Crippen molar-refractivity contribution in [2.45, 2.75) is 6.54 Å². The molecule has 5 nitrogen and oxygen atoms in total. The summed E-state index contributed by atoms with van der Waals surface area (Å²) >= 11 is 3.15. The van der Waals surface area contributed by atoms with Crippen LogP contribution in [-0.4, -0.2) is 20.4 Å². The fraction of sp³-hybridized carbons (Fsp3) is 0.0625. The summed E-state index contributed by atoms with van der Waals surface area (Å²) in [5.74, 6) is 0.379. The normalized spacial score (nSPS) is 11.0. The highest BCUT2D eigenvalue weighted by atomic mass is 32.1. The first-order chi connectivity index (χ1) is 11.3. The Morgan fingerprint density at radius 2 is 2.22 bits per heavy atom. The van der Waals surface area contributed by atoms with Gasteiger partial charge in [0.2, 0.25) is 0 Å². The molecule has 4 aromatic rings. The topological polar surface area (TPSA) is 66.6 Å². The van der Waals surface area contributed by atoms with Crippen LogP contribution in [0.25, 0.3) is 10.9 Å². The van der Waals surface area contributed by atoms with Gasteiger partial charge in [-0.3, -0.25) is 10.4 Å². The lowest BCUT2D eigenvalue weighted by molar-refractivity contribution is 0.851. The van der Waals surface area contributed by atoms with Crippen LogP contribution in [0.4, 0.5) is 5.13 Å². The standard InChI is InChI=1S/C16H13N5S2/c17-15(20-16-19-4-6-22-16)12-7-13(23-10-12)9-21-5-2-11-8-18-3-1-14(11)21/h1-8,10H,9H2,(H2,17,19,20). The molecule has 0 atom stereocenters. The lowest BCUT2D eigenvalue weighted by atomic mass is 10.3. The second kappa shape index (κ2) is 5.94. The van der Waals surface area contributed by atoms with Gasteiger partial charge >= 0.3 is 0 Å². The molecule has 2 N–H and O–H groups in total. The van der Waals surface area contributed by atoms with E-state index in [1.807, 2.05) is 29.2 Å². The van der Waals surface area contributed by atoms with Crippen LogP contribution in [0.1, 0.15) is 10.4 Å². The molecular weight excluding hydrogens is 326 g/mol. The Labute approximate surface area is 140 Å². The Morgan fingerprint density at radius 1 is 1.26 bits per heavy atom. The molecule has 0 fully saturated rings. The highest BCUT2D eigenvalue weighted by Crippen LogP contribution is 2.21. The Morgan fingerprint density at radius 3 is 3.09 bits per heavy atom. The van der Waals surface area contributed by atoms with Crippen molar-refractivity contribution >= 4 is 44.5 Å². The van der Waals surface area contributed by atoms with Crippen molar-refractivity contribution in [3.8, 4) is 0 Å². The molecule has 0 amide bonds. The average molecular weight is 339 g/mol. The maximum absolute atomic E-state index is 8.15. The van der Waals surface area contributed by atoms with E-state index in [0.717, 1.165) is 22.6 Å². The SMILES string of the molecule is N=C(Nc1nccs1)c1csc(Cn2ccc3cnccc32)c1. The van der Waals surface area contributed by atoms with Gasteiger partial charge in [0, 0.05) is 51.4 Å². The van der Waals surface area contributed by atoms with Crippen LogP contribution < -0.4 is 5.32 Å². The fourth-order valence-corrected chi connectivity index (χ4v) is 3.81. The zero-order chi connectivity index (χ0) is 15.6. The van der Waals surface area contributed by atoms with Crippen molar-refractivity contribution in [2.24, 2.45) is 0 Å². The summed E-state index contributed by atoms with van der Waals surface area (Å²) in [4.78, 5) is 9.50. The fourth-order valence-electron chi connectivity index (χ4n) is 2.40. The lowest BCUT2D eigenvalue weighted by Crippen LogP contribution is -2.10. The quantitative estimate of drug-likeness (QED) is 0.435. The first kappa shape index (κ1) is 14.1. The number of rotatable bonds is 4. The van der Waals surface area contributed by atoms with Crippen LogP contribution in [-0.2, 0) is 6.54 Å². The maximum atomic E-state index is 8.15. The molecule has 7 heteroatoms. The average Bonchev–Trinajstić information content (AvgIpc) is 3.29. The molecule has 0 aromatic carbocycles. The zero-order valence-electron chi connectivity index (χ0n) is 12.1. The van der Waals surface area contributed by atoms with Gasteiger partial charge in [0.05, 0.1) is 12.1 Å². The molecule has 114 valence electrons. The Kier molecular flexibility index (Phi) is 3.64. The van der Waals surface area contributed by atoms with Gasteiger partial charge in [-0.05, 0) is 18.2 Å². The number of nitrogens with zero attached hydrogens (tertiary/aromatic N) is 3. The molecule has 0 saturated heterocycles. The number of thiazole rings is 1. The van der Waals surface area contributed by atoms with E-state index >= 15 is 0 Å². The van der Waals surface area contributed by atoms with Gasteiger partial charge in [-0.1, -0.05) is 0 Å². The molecule has 0 unspecified atom stereocenters. The minimum absolute atomic E-state index is 0.379. The van der Waals surface area contributed by atoms with E-state index in [0.29, 0.717) is 5.84 Å². The van der Waals surface area contributed by atoms with Crippen molar-refractivity contribution in [1.29, 1.82) is 5.41 Å². The number of nitrogens with one attached hydrogen (secondary N) is 2. The van der Waals surface area contributed by atoms with Gasteiger partial charge in [0.1, 0.15) is 5.84 Å². The van der Waals surface area contributed by atoms with Crippen LogP contribution in [0, 0.1) is 5.41 Å². The predicted octanol–water partition coefficient (Wildman–Crippen LogP) is 4.04. The first-order valence-electron chi connectivity index (χ1n) is 7.01. The van der Waals surface area contributed by atoms with Crippen molar-refractivity contribution < 1.29 is 0 Å². The summed E-state index contributed by atoms with van der Waals surface area (Å²) in [5.41, 5.74) is 2.06. The molecule has 4 heterocycles. The molecule has 0 aliphatic carbocycles. The third-order valence-electron chi connectivity index (χ3n) is 3.50. The Balaban J connectivity index is 1.53. The number of anilines is 1. The van der Waals surface area contributed by atoms with E-state index < -0.39 is 0 Å². The molecule has 4 aromatic heterocycles. The summed E-state index contributed by atoms with van der Waals surface area (Å²) in [5, 5.41) is 16.9. The van der Waals surface area contributed by atoms with E-state index in [1.54, 1.807) is 17.5 Å². The molecule has 0 bridgehead atoms. The molecule has 0 aliphatic rings. The highest BCUT2D eigenvalue weighted by Gasteiger charge is 2.08. The van der Waals surface area contributed by atoms with Gasteiger partial charge in [-0.25, -0.2) is 4.98 Å². The molecule has 23 heavy (non-hydrogen) atoms. The smallest absolute Gasteiger partial charge is 0.188 e. The monoisotopic (exact) mass is 339 g/mol. The van der Waals surface area contributed by atoms with Crippen LogP contribution in [0.5, 0.6) is 0 Å². The second-order valence-corrected chi connectivity index (χ2v) is 6.91. The van der Waals surface area contributed by atoms with Gasteiger partial charge < -0.3 is 9.88 Å². The molecule has 0 spiro atoms. The number of hydrogen-bond donors (Lipinski definition) is 2. The largest absolute Gasteiger partial charge is 0.342 e. The summed E-state index contributed by atoms with van der Waals surface area (Å²) in [7, 11) is 0. The number of pyridine rings is 1. The van der Waals surface area contributed by atoms with Crippen LogP contribution >= 0.6 is 22.7 Å². The Hall–Kier alpha value is -2.51. The Bertz CT molecular complexity index is 952. The number of fused-ring (bicyclic) bond motifs is 1. The maximum Gasteiger partial charge on any atom is 0.188 e. The number of aromatic nitrogens is 3. The zero-order valence-corrected chi connectivity index (χ0v) is 13.7. The molecule has 0 radical (unpaired) electrons. The van der Waals surface area contributed by atoms with Gasteiger partial charge in [-0.15, -0.1) is 22.7 Å². The number of thiophene rings is 1. The van der Waals surface area contributed by atoms with Gasteiger partial charge in [0.15, 0.2) is 5.13 Å². The van der Waals surface area contributed by atoms with Crippen molar-refractivity contribution in [1.82, 2.24) is 14.5 Å². The third kappa shape index (κ3) is 2.88. The lowest BCUT2D eigenvalue weighted by Gasteiger charge is -2.03. The number of amidine groups is 1. The second-order valence-electron chi connectivity index (χ2n) is 5.02. The van der Waals surface area contributed by atoms with E-state index in [1.165, 1.54) is 21.7 Å². The van der Waals surface area contributed by atoms with Crippen LogP contribution in [0.3, 0.4) is 0 Å². The van der Waals surface area contributed by atoms with Crippen molar-refractivity contribution in [3.05, 3.63) is 64.2 Å². The molecule has 0 aliphatic heterocycles. The summed E-state index contributed by atoms with van der Waals surface area (Å²) < 4.78 is 2.20. The minimum atomic E-state index is 0.379. The van der Waals surface area contributed by atoms with E-state index in [-0.39, 0.29) is 0 Å². The highest BCUT2D eigenvalue weighted by molar-refractivity contribution is 7.13.